The van der Waals surface area contributed by atoms with Crippen LogP contribution in [0.4, 0.5) is 0 Å². The van der Waals surface area contributed by atoms with E-state index in [9.17, 15) is 4.79 Å². The highest BCUT2D eigenvalue weighted by Gasteiger charge is 2.33. The van der Waals surface area contributed by atoms with Gasteiger partial charge in [0.05, 0.1) is 6.61 Å². The molecule has 0 amide bonds. The molecule has 0 saturated carbocycles. The Morgan fingerprint density at radius 2 is 2.12 bits per heavy atom. The molecule has 0 bridgehead atoms. The van der Waals surface area contributed by atoms with Gasteiger partial charge in [-0.1, -0.05) is 6.42 Å². The zero-order valence-corrected chi connectivity index (χ0v) is 10.6. The molecule has 2 fully saturated rings. The molecule has 0 unspecified atom stereocenters. The van der Waals surface area contributed by atoms with E-state index in [4.69, 9.17) is 9.84 Å². The van der Waals surface area contributed by atoms with Gasteiger partial charge in [-0.3, -0.25) is 4.90 Å². The fourth-order valence-electron chi connectivity index (χ4n) is 3.08. The molecule has 2 aliphatic heterocycles. The normalized spacial score (nSPS) is 31.6. The lowest BCUT2D eigenvalue weighted by Crippen LogP contribution is -2.49. The minimum atomic E-state index is -0.999. The highest BCUT2D eigenvalue weighted by molar-refractivity contribution is 5.73. The first-order chi connectivity index (χ1) is 8.18. The molecule has 0 aromatic heterocycles. The fourth-order valence-corrected chi connectivity index (χ4v) is 3.08. The summed E-state index contributed by atoms with van der Waals surface area (Å²) in [5, 5.41) is 9.10. The maximum atomic E-state index is 11.3. The lowest BCUT2D eigenvalue weighted by atomic mass is 9.84. The van der Waals surface area contributed by atoms with Crippen LogP contribution < -0.4 is 0 Å². The number of hydrogen-bond acceptors (Lipinski definition) is 4. The monoisotopic (exact) mass is 241 g/mol. The van der Waals surface area contributed by atoms with Crippen molar-refractivity contribution in [2.24, 2.45) is 5.92 Å². The lowest BCUT2D eigenvalue weighted by molar-refractivity contribution is -0.155. The summed E-state index contributed by atoms with van der Waals surface area (Å²) in [5.74, 6) is -0.0234. The van der Waals surface area contributed by atoms with Crippen LogP contribution in [0.25, 0.3) is 0 Å². The zero-order valence-electron chi connectivity index (χ0n) is 10.6. The number of piperidine rings is 2. The summed E-state index contributed by atoms with van der Waals surface area (Å²) in [7, 11) is 0. The molecule has 0 radical (unpaired) electrons. The SMILES string of the molecule is C[C@@H](O)C(=O)OC[C@@H]1CCCN2CCCC[C@@H]12. The van der Waals surface area contributed by atoms with E-state index in [0.29, 0.717) is 18.6 Å². The number of aliphatic hydroxyl groups excluding tert-OH is 1. The van der Waals surface area contributed by atoms with Gasteiger partial charge in [0.25, 0.3) is 0 Å². The Hall–Kier alpha value is -0.610. The first-order valence-corrected chi connectivity index (χ1v) is 6.77. The van der Waals surface area contributed by atoms with Gasteiger partial charge in [-0.25, -0.2) is 4.79 Å². The van der Waals surface area contributed by atoms with E-state index in [-0.39, 0.29) is 0 Å². The third-order valence-electron chi connectivity index (χ3n) is 4.01. The molecular weight excluding hydrogens is 218 g/mol. The standard InChI is InChI=1S/C13H23NO3/c1-10(15)13(16)17-9-11-5-4-8-14-7-3-2-6-12(11)14/h10-12,15H,2-9H2,1H3/t10-,11+,12+/m1/s1. The maximum Gasteiger partial charge on any atom is 0.334 e. The molecule has 0 aromatic carbocycles. The summed E-state index contributed by atoms with van der Waals surface area (Å²) < 4.78 is 5.18. The highest BCUT2D eigenvalue weighted by Crippen LogP contribution is 2.30. The van der Waals surface area contributed by atoms with Gasteiger partial charge in [0.2, 0.25) is 0 Å². The Morgan fingerprint density at radius 3 is 2.88 bits per heavy atom. The third-order valence-corrected chi connectivity index (χ3v) is 4.01. The molecule has 98 valence electrons. The van der Waals surface area contributed by atoms with Gasteiger partial charge in [0.1, 0.15) is 6.10 Å². The van der Waals surface area contributed by atoms with Gasteiger partial charge in [-0.15, -0.1) is 0 Å². The minimum Gasteiger partial charge on any atom is -0.463 e. The van der Waals surface area contributed by atoms with Crippen LogP contribution in [0.1, 0.15) is 39.0 Å². The van der Waals surface area contributed by atoms with Crippen molar-refractivity contribution in [2.45, 2.75) is 51.2 Å². The molecule has 2 heterocycles. The predicted molar refractivity (Wildman–Crippen MR) is 64.6 cm³/mol. The highest BCUT2D eigenvalue weighted by atomic mass is 16.5. The second-order valence-corrected chi connectivity index (χ2v) is 5.31. The predicted octanol–water partition coefficient (Wildman–Crippen LogP) is 1.17. The summed E-state index contributed by atoms with van der Waals surface area (Å²) >= 11 is 0. The zero-order chi connectivity index (χ0) is 12.3. The van der Waals surface area contributed by atoms with Crippen LogP contribution in [-0.2, 0) is 9.53 Å². The number of carbonyl (C=O) groups is 1. The van der Waals surface area contributed by atoms with E-state index < -0.39 is 12.1 Å². The molecule has 4 heteroatoms. The van der Waals surface area contributed by atoms with Crippen molar-refractivity contribution in [3.8, 4) is 0 Å². The topological polar surface area (TPSA) is 49.8 Å². The Bertz CT molecular complexity index is 265. The van der Waals surface area contributed by atoms with E-state index >= 15 is 0 Å². The Balaban J connectivity index is 1.84. The number of hydrogen-bond donors (Lipinski definition) is 1. The van der Waals surface area contributed by atoms with Gasteiger partial charge in [-0.2, -0.15) is 0 Å². The summed E-state index contributed by atoms with van der Waals surface area (Å²) in [6, 6.07) is 0.597. The van der Waals surface area contributed by atoms with Crippen molar-refractivity contribution in [3.63, 3.8) is 0 Å². The van der Waals surface area contributed by atoms with Crippen LogP contribution in [0.2, 0.25) is 0 Å². The van der Waals surface area contributed by atoms with Gasteiger partial charge in [0.15, 0.2) is 0 Å². The molecule has 3 atom stereocenters. The van der Waals surface area contributed by atoms with Gasteiger partial charge in [0, 0.05) is 12.0 Å². The van der Waals surface area contributed by atoms with Crippen molar-refractivity contribution in [1.29, 1.82) is 0 Å². The van der Waals surface area contributed by atoms with Crippen LogP contribution in [-0.4, -0.2) is 47.8 Å². The van der Waals surface area contributed by atoms with Crippen molar-refractivity contribution >= 4 is 5.97 Å². The number of ether oxygens (including phenoxy) is 1. The Morgan fingerprint density at radius 1 is 1.35 bits per heavy atom. The van der Waals surface area contributed by atoms with E-state index in [1.165, 1.54) is 45.7 Å². The van der Waals surface area contributed by atoms with Crippen LogP contribution in [0.5, 0.6) is 0 Å². The number of carbonyl (C=O) groups excluding carboxylic acids is 1. The van der Waals surface area contributed by atoms with Crippen LogP contribution >= 0.6 is 0 Å². The number of esters is 1. The van der Waals surface area contributed by atoms with Crippen molar-refractivity contribution in [1.82, 2.24) is 4.90 Å². The average Bonchev–Trinajstić information content (AvgIpc) is 2.35. The summed E-state index contributed by atoms with van der Waals surface area (Å²) in [6.45, 7) is 4.33. The smallest absolute Gasteiger partial charge is 0.334 e. The number of nitrogens with zero attached hydrogens (tertiary/aromatic N) is 1. The van der Waals surface area contributed by atoms with E-state index in [0.717, 1.165) is 6.42 Å². The molecule has 17 heavy (non-hydrogen) atoms. The van der Waals surface area contributed by atoms with Gasteiger partial charge < -0.3 is 9.84 Å². The van der Waals surface area contributed by atoms with E-state index in [1.807, 2.05) is 0 Å². The third kappa shape index (κ3) is 3.19. The molecule has 0 aromatic rings. The lowest BCUT2D eigenvalue weighted by Gasteiger charge is -2.44. The summed E-state index contributed by atoms with van der Waals surface area (Å²) in [4.78, 5) is 13.8. The largest absolute Gasteiger partial charge is 0.463 e. The second kappa shape index (κ2) is 5.83. The fraction of sp³-hybridized carbons (Fsp3) is 0.923. The van der Waals surface area contributed by atoms with E-state index in [1.54, 1.807) is 0 Å². The number of aliphatic hydroxyl groups is 1. The van der Waals surface area contributed by atoms with Crippen LogP contribution in [0.3, 0.4) is 0 Å². The van der Waals surface area contributed by atoms with Gasteiger partial charge >= 0.3 is 5.97 Å². The van der Waals surface area contributed by atoms with Crippen LogP contribution in [0.15, 0.2) is 0 Å². The van der Waals surface area contributed by atoms with Crippen molar-refractivity contribution in [3.05, 3.63) is 0 Å². The quantitative estimate of drug-likeness (QED) is 0.754. The molecule has 0 spiro atoms. The first kappa shape index (κ1) is 12.8. The average molecular weight is 241 g/mol. The molecule has 4 nitrogen and oxygen atoms in total. The molecule has 2 saturated heterocycles. The maximum absolute atomic E-state index is 11.3. The minimum absolute atomic E-state index is 0.465. The molecule has 0 aliphatic carbocycles. The molecule has 2 aliphatic rings. The molecule has 2 rings (SSSR count). The Kier molecular flexibility index (Phi) is 4.40. The number of fused-ring (bicyclic) bond motifs is 1. The summed E-state index contributed by atoms with van der Waals surface area (Å²) in [6.07, 6.45) is 5.18. The first-order valence-electron chi connectivity index (χ1n) is 6.77. The molecule has 1 N–H and O–H groups in total. The second-order valence-electron chi connectivity index (χ2n) is 5.31. The van der Waals surface area contributed by atoms with E-state index in [2.05, 4.69) is 4.90 Å². The van der Waals surface area contributed by atoms with Crippen molar-refractivity contribution in [2.75, 3.05) is 19.7 Å². The Labute approximate surface area is 103 Å². The molecular formula is C13H23NO3. The summed E-state index contributed by atoms with van der Waals surface area (Å²) in [5.41, 5.74) is 0. The van der Waals surface area contributed by atoms with Gasteiger partial charge in [-0.05, 0) is 45.7 Å². The van der Waals surface area contributed by atoms with Crippen molar-refractivity contribution < 1.29 is 14.6 Å². The van der Waals surface area contributed by atoms with Crippen LogP contribution in [0, 0.1) is 5.92 Å². The number of rotatable bonds is 3.